The van der Waals surface area contributed by atoms with E-state index in [4.69, 9.17) is 0 Å². The molecule has 2 atom stereocenters. The Morgan fingerprint density at radius 3 is 2.94 bits per heavy atom. The summed E-state index contributed by atoms with van der Waals surface area (Å²) in [6.07, 6.45) is 0.832. The molecule has 1 aromatic rings. The van der Waals surface area contributed by atoms with E-state index in [-0.39, 0.29) is 24.3 Å². The summed E-state index contributed by atoms with van der Waals surface area (Å²) < 4.78 is 13.6. The van der Waals surface area contributed by atoms with Crippen LogP contribution < -0.4 is 4.90 Å². The number of para-hydroxylation sites is 1. The van der Waals surface area contributed by atoms with Gasteiger partial charge in [-0.15, -0.1) is 0 Å². The quantitative estimate of drug-likeness (QED) is 0.661. The smallest absolute Gasteiger partial charge is 0.327 e. The molecule has 2 rings (SSSR count). The van der Waals surface area contributed by atoms with Crippen molar-refractivity contribution in [2.24, 2.45) is 5.92 Å². The van der Waals surface area contributed by atoms with Gasteiger partial charge in [-0.05, 0) is 24.5 Å². The fourth-order valence-electron chi connectivity index (χ4n) is 2.50. The lowest BCUT2D eigenvalue weighted by atomic mass is 10.0. The van der Waals surface area contributed by atoms with Gasteiger partial charge < -0.3 is 10.0 Å². The number of anilines is 1. The molecule has 1 aromatic carbocycles. The molecule has 0 aromatic heterocycles. The predicted octanol–water partition coefficient (Wildman–Crippen LogP) is 1.94. The van der Waals surface area contributed by atoms with Crippen LogP contribution in [-0.2, 0) is 0 Å². The number of aliphatic hydroxyl groups excluding tert-OH is 1. The van der Waals surface area contributed by atoms with Crippen molar-refractivity contribution in [2.45, 2.75) is 19.4 Å². The van der Waals surface area contributed by atoms with Crippen LogP contribution in [0.5, 0.6) is 0 Å². The highest BCUT2D eigenvalue weighted by Gasteiger charge is 2.35. The molecule has 1 heterocycles. The first-order chi connectivity index (χ1) is 8.56. The number of nitro groups is 1. The van der Waals surface area contributed by atoms with E-state index in [0.717, 1.165) is 12.5 Å². The third-order valence-electron chi connectivity index (χ3n) is 3.53. The summed E-state index contributed by atoms with van der Waals surface area (Å²) in [5.41, 5.74) is -0.256. The van der Waals surface area contributed by atoms with Crippen molar-refractivity contribution in [3.8, 4) is 0 Å². The standard InChI is InChI=1S/C12H15FN2O3/c1-8-5-6-14(11(8)7-16)10-4-2-3-9(13)12(10)15(17)18/h2-4,8,11,16H,5-7H2,1H3. The van der Waals surface area contributed by atoms with Crippen molar-refractivity contribution >= 4 is 11.4 Å². The molecule has 1 N–H and O–H groups in total. The summed E-state index contributed by atoms with van der Waals surface area (Å²) in [4.78, 5) is 12.0. The van der Waals surface area contributed by atoms with Crippen molar-refractivity contribution in [3.05, 3.63) is 34.1 Å². The highest BCUT2D eigenvalue weighted by Crippen LogP contribution is 2.36. The van der Waals surface area contributed by atoms with E-state index in [2.05, 4.69) is 0 Å². The Bertz CT molecular complexity index is 467. The van der Waals surface area contributed by atoms with Crippen molar-refractivity contribution in [1.82, 2.24) is 0 Å². The Hall–Kier alpha value is -1.69. The molecule has 0 radical (unpaired) electrons. The number of rotatable bonds is 3. The number of hydrogen-bond acceptors (Lipinski definition) is 4. The molecular weight excluding hydrogens is 239 g/mol. The molecule has 18 heavy (non-hydrogen) atoms. The summed E-state index contributed by atoms with van der Waals surface area (Å²) >= 11 is 0. The number of aliphatic hydroxyl groups is 1. The van der Waals surface area contributed by atoms with E-state index >= 15 is 0 Å². The van der Waals surface area contributed by atoms with Gasteiger partial charge in [0.2, 0.25) is 5.82 Å². The lowest BCUT2D eigenvalue weighted by Crippen LogP contribution is -2.35. The van der Waals surface area contributed by atoms with Gasteiger partial charge in [-0.3, -0.25) is 10.1 Å². The van der Waals surface area contributed by atoms with Crippen LogP contribution in [-0.4, -0.2) is 29.2 Å². The third-order valence-corrected chi connectivity index (χ3v) is 3.53. The number of halogens is 1. The zero-order valence-corrected chi connectivity index (χ0v) is 10.0. The Kier molecular flexibility index (Phi) is 3.47. The van der Waals surface area contributed by atoms with Crippen LogP contribution in [0.4, 0.5) is 15.8 Å². The summed E-state index contributed by atoms with van der Waals surface area (Å²) in [6.45, 7) is 2.48. The first kappa shape index (κ1) is 12.8. The molecule has 0 aliphatic carbocycles. The number of nitro benzene ring substituents is 1. The van der Waals surface area contributed by atoms with E-state index in [1.54, 1.807) is 4.90 Å². The maximum absolute atomic E-state index is 13.6. The largest absolute Gasteiger partial charge is 0.394 e. The first-order valence-corrected chi connectivity index (χ1v) is 5.86. The second kappa shape index (κ2) is 4.89. The molecule has 6 heteroatoms. The maximum atomic E-state index is 13.6. The molecule has 5 nitrogen and oxygen atoms in total. The highest BCUT2D eigenvalue weighted by atomic mass is 19.1. The average molecular weight is 254 g/mol. The van der Waals surface area contributed by atoms with Crippen molar-refractivity contribution in [2.75, 3.05) is 18.1 Å². The van der Waals surface area contributed by atoms with Gasteiger partial charge in [0, 0.05) is 6.54 Å². The number of nitrogens with zero attached hydrogens (tertiary/aromatic N) is 2. The third kappa shape index (κ3) is 2.03. The minimum Gasteiger partial charge on any atom is -0.394 e. The van der Waals surface area contributed by atoms with Crippen molar-refractivity contribution in [3.63, 3.8) is 0 Å². The van der Waals surface area contributed by atoms with E-state index in [1.165, 1.54) is 12.1 Å². The molecule has 1 fully saturated rings. The Morgan fingerprint density at radius 2 is 2.33 bits per heavy atom. The van der Waals surface area contributed by atoms with Crippen molar-refractivity contribution < 1.29 is 14.4 Å². The molecule has 1 aliphatic rings. The van der Waals surface area contributed by atoms with E-state index in [0.29, 0.717) is 6.54 Å². The van der Waals surface area contributed by atoms with Crippen LogP contribution in [0.25, 0.3) is 0 Å². The minimum absolute atomic E-state index is 0.0885. The van der Waals surface area contributed by atoms with Gasteiger partial charge in [0.05, 0.1) is 17.6 Å². The Balaban J connectivity index is 2.45. The van der Waals surface area contributed by atoms with Crippen LogP contribution in [0, 0.1) is 21.8 Å². The van der Waals surface area contributed by atoms with Crippen LogP contribution in [0.2, 0.25) is 0 Å². The second-order valence-electron chi connectivity index (χ2n) is 4.57. The average Bonchev–Trinajstić information content (AvgIpc) is 2.69. The lowest BCUT2D eigenvalue weighted by molar-refractivity contribution is -0.386. The van der Waals surface area contributed by atoms with Gasteiger partial charge in [0.25, 0.3) is 0 Å². The second-order valence-corrected chi connectivity index (χ2v) is 4.57. The fraction of sp³-hybridized carbons (Fsp3) is 0.500. The summed E-state index contributed by atoms with van der Waals surface area (Å²) in [5, 5.41) is 20.3. The maximum Gasteiger partial charge on any atom is 0.327 e. The van der Waals surface area contributed by atoms with Crippen LogP contribution >= 0.6 is 0 Å². The molecule has 98 valence electrons. The van der Waals surface area contributed by atoms with Gasteiger partial charge in [-0.2, -0.15) is 4.39 Å². The summed E-state index contributed by atoms with van der Waals surface area (Å²) in [6, 6.07) is 3.87. The Morgan fingerprint density at radius 1 is 1.61 bits per heavy atom. The lowest BCUT2D eigenvalue weighted by Gasteiger charge is -2.26. The van der Waals surface area contributed by atoms with Gasteiger partial charge in [0.15, 0.2) is 0 Å². The molecule has 0 spiro atoms. The monoisotopic (exact) mass is 254 g/mol. The van der Waals surface area contributed by atoms with E-state index < -0.39 is 16.4 Å². The van der Waals surface area contributed by atoms with E-state index in [9.17, 15) is 19.6 Å². The molecule has 2 unspecified atom stereocenters. The van der Waals surface area contributed by atoms with Gasteiger partial charge in [-0.25, -0.2) is 0 Å². The molecule has 0 bridgehead atoms. The first-order valence-electron chi connectivity index (χ1n) is 5.86. The van der Waals surface area contributed by atoms with Gasteiger partial charge >= 0.3 is 5.69 Å². The van der Waals surface area contributed by atoms with Crippen LogP contribution in [0.1, 0.15) is 13.3 Å². The van der Waals surface area contributed by atoms with E-state index in [1.807, 2.05) is 6.92 Å². The highest BCUT2D eigenvalue weighted by molar-refractivity contribution is 5.65. The number of hydrogen-bond donors (Lipinski definition) is 1. The summed E-state index contributed by atoms with van der Waals surface area (Å²) in [5.74, 6) is -0.605. The zero-order valence-electron chi connectivity index (χ0n) is 10.0. The molecule has 0 saturated carbocycles. The fourth-order valence-corrected chi connectivity index (χ4v) is 2.50. The SMILES string of the molecule is CC1CCN(c2cccc(F)c2[N+](=O)[O-])C1CO. The van der Waals surface area contributed by atoms with Gasteiger partial charge in [-0.1, -0.05) is 13.0 Å². The topological polar surface area (TPSA) is 66.6 Å². The predicted molar refractivity (Wildman–Crippen MR) is 65.1 cm³/mol. The zero-order chi connectivity index (χ0) is 13.3. The minimum atomic E-state index is -0.839. The van der Waals surface area contributed by atoms with Crippen LogP contribution in [0.3, 0.4) is 0 Å². The summed E-state index contributed by atoms with van der Waals surface area (Å²) in [7, 11) is 0. The molecular formula is C12H15FN2O3. The molecule has 1 saturated heterocycles. The molecule has 1 aliphatic heterocycles. The van der Waals surface area contributed by atoms with Gasteiger partial charge in [0.1, 0.15) is 5.69 Å². The number of benzene rings is 1. The Labute approximate surface area is 104 Å². The molecule has 0 amide bonds. The van der Waals surface area contributed by atoms with Crippen molar-refractivity contribution in [1.29, 1.82) is 0 Å². The van der Waals surface area contributed by atoms with Crippen LogP contribution in [0.15, 0.2) is 18.2 Å². The normalized spacial score (nSPS) is 23.4.